The van der Waals surface area contributed by atoms with Crippen LogP contribution < -0.4 is 10.6 Å². The first-order chi connectivity index (χ1) is 13.4. The van der Waals surface area contributed by atoms with Gasteiger partial charge in [-0.2, -0.15) is 0 Å². The number of fused-ring (bicyclic) bond motifs is 1. The van der Waals surface area contributed by atoms with Crippen LogP contribution in [0, 0.1) is 0 Å². The Hall–Kier alpha value is -2.11. The van der Waals surface area contributed by atoms with Crippen LogP contribution in [0.3, 0.4) is 0 Å². The summed E-state index contributed by atoms with van der Waals surface area (Å²) >= 11 is 0. The first kappa shape index (κ1) is 19.6. The molecule has 5 heteroatoms. The average molecular weight is 370 g/mol. The van der Waals surface area contributed by atoms with Gasteiger partial charge in [0.25, 0.3) is 0 Å². The lowest BCUT2D eigenvalue weighted by Crippen LogP contribution is -2.38. The Morgan fingerprint density at radius 3 is 2.93 bits per heavy atom. The number of benzene rings is 2. The molecule has 1 aliphatic rings. The first-order valence-corrected chi connectivity index (χ1v) is 10.0. The number of hydrogen-bond acceptors (Lipinski definition) is 3. The molecule has 5 nitrogen and oxygen atoms in total. The summed E-state index contributed by atoms with van der Waals surface area (Å²) in [6, 6.07) is 14.8. The van der Waals surface area contributed by atoms with Crippen molar-refractivity contribution in [2.45, 2.75) is 38.8 Å². The van der Waals surface area contributed by atoms with E-state index in [0.717, 1.165) is 58.1 Å². The zero-order valence-electron chi connectivity index (χ0n) is 16.2. The molecule has 1 atom stereocenters. The third kappa shape index (κ3) is 6.22. The second-order valence-corrected chi connectivity index (χ2v) is 6.82. The molecule has 0 amide bonds. The molecule has 3 rings (SSSR count). The lowest BCUT2D eigenvalue weighted by atomic mass is 10.1. The SMILES string of the molecule is CCNC(=NCc1cccc2ccccc12)NCCCOCC1CCCO1. The van der Waals surface area contributed by atoms with Crippen molar-refractivity contribution in [3.63, 3.8) is 0 Å². The van der Waals surface area contributed by atoms with E-state index in [2.05, 4.69) is 60.0 Å². The molecular formula is C22H31N3O2. The smallest absolute Gasteiger partial charge is 0.191 e. The van der Waals surface area contributed by atoms with E-state index in [0.29, 0.717) is 12.6 Å². The molecule has 1 aliphatic heterocycles. The van der Waals surface area contributed by atoms with Gasteiger partial charge in [0.2, 0.25) is 0 Å². The van der Waals surface area contributed by atoms with Crippen LogP contribution in [0.4, 0.5) is 0 Å². The van der Waals surface area contributed by atoms with Crippen molar-refractivity contribution in [2.24, 2.45) is 4.99 Å². The molecule has 2 aromatic rings. The fourth-order valence-corrected chi connectivity index (χ4v) is 3.31. The third-order valence-corrected chi connectivity index (χ3v) is 4.72. The van der Waals surface area contributed by atoms with Gasteiger partial charge in [-0.1, -0.05) is 42.5 Å². The van der Waals surface area contributed by atoms with Crippen LogP contribution in [0.1, 0.15) is 31.7 Å². The zero-order valence-corrected chi connectivity index (χ0v) is 16.2. The predicted molar refractivity (Wildman–Crippen MR) is 111 cm³/mol. The van der Waals surface area contributed by atoms with Gasteiger partial charge < -0.3 is 20.1 Å². The number of ether oxygens (including phenoxy) is 2. The number of rotatable bonds is 9. The fourth-order valence-electron chi connectivity index (χ4n) is 3.31. The van der Waals surface area contributed by atoms with Crippen LogP contribution >= 0.6 is 0 Å². The summed E-state index contributed by atoms with van der Waals surface area (Å²) in [5, 5.41) is 9.23. The summed E-state index contributed by atoms with van der Waals surface area (Å²) in [6.07, 6.45) is 3.54. The third-order valence-electron chi connectivity index (χ3n) is 4.72. The number of nitrogens with one attached hydrogen (secondary N) is 2. The predicted octanol–water partition coefficient (Wildman–Crippen LogP) is 3.48. The van der Waals surface area contributed by atoms with Gasteiger partial charge in [0.15, 0.2) is 5.96 Å². The monoisotopic (exact) mass is 369 g/mol. The average Bonchev–Trinajstić information content (AvgIpc) is 3.22. The fraction of sp³-hybridized carbons (Fsp3) is 0.500. The molecule has 0 aromatic heterocycles. The highest BCUT2D eigenvalue weighted by atomic mass is 16.5. The summed E-state index contributed by atoms with van der Waals surface area (Å²) in [4.78, 5) is 4.75. The van der Waals surface area contributed by atoms with E-state index in [1.54, 1.807) is 0 Å². The van der Waals surface area contributed by atoms with Crippen LogP contribution in [0.25, 0.3) is 10.8 Å². The molecule has 1 unspecified atom stereocenters. The Balaban J connectivity index is 1.44. The molecule has 0 bridgehead atoms. The molecule has 0 radical (unpaired) electrons. The minimum atomic E-state index is 0.303. The second kappa shape index (κ2) is 10.9. The van der Waals surface area contributed by atoms with E-state index >= 15 is 0 Å². The summed E-state index contributed by atoms with van der Waals surface area (Å²) in [5.41, 5.74) is 1.24. The van der Waals surface area contributed by atoms with Gasteiger partial charge in [-0.15, -0.1) is 0 Å². The summed E-state index contributed by atoms with van der Waals surface area (Å²) in [5.74, 6) is 0.851. The highest BCUT2D eigenvalue weighted by Gasteiger charge is 2.14. The van der Waals surface area contributed by atoms with Gasteiger partial charge in [-0.05, 0) is 42.5 Å². The van der Waals surface area contributed by atoms with E-state index in [-0.39, 0.29) is 0 Å². The van der Waals surface area contributed by atoms with Gasteiger partial charge in [-0.25, -0.2) is 4.99 Å². The Morgan fingerprint density at radius 1 is 1.19 bits per heavy atom. The number of guanidine groups is 1. The summed E-state index contributed by atoms with van der Waals surface area (Å²) in [6.45, 7) is 6.77. The molecule has 0 aliphatic carbocycles. The van der Waals surface area contributed by atoms with E-state index in [1.165, 1.54) is 16.3 Å². The minimum absolute atomic E-state index is 0.303. The van der Waals surface area contributed by atoms with Gasteiger partial charge >= 0.3 is 0 Å². The summed E-state index contributed by atoms with van der Waals surface area (Å²) in [7, 11) is 0. The first-order valence-electron chi connectivity index (χ1n) is 10.0. The van der Waals surface area contributed by atoms with E-state index < -0.39 is 0 Å². The topological polar surface area (TPSA) is 54.9 Å². The van der Waals surface area contributed by atoms with E-state index in [1.807, 2.05) is 0 Å². The van der Waals surface area contributed by atoms with Crippen LogP contribution in [-0.4, -0.2) is 45.0 Å². The van der Waals surface area contributed by atoms with Crippen LogP contribution in [-0.2, 0) is 16.0 Å². The molecular weight excluding hydrogens is 338 g/mol. The van der Waals surface area contributed by atoms with Gasteiger partial charge in [0, 0.05) is 26.3 Å². The molecule has 27 heavy (non-hydrogen) atoms. The van der Waals surface area contributed by atoms with Gasteiger partial charge in [-0.3, -0.25) is 0 Å². The molecule has 1 heterocycles. The maximum Gasteiger partial charge on any atom is 0.191 e. The van der Waals surface area contributed by atoms with Crippen molar-refractivity contribution >= 4 is 16.7 Å². The van der Waals surface area contributed by atoms with Gasteiger partial charge in [0.1, 0.15) is 0 Å². The molecule has 0 saturated carbocycles. The summed E-state index contributed by atoms with van der Waals surface area (Å²) < 4.78 is 11.3. The van der Waals surface area contributed by atoms with Crippen molar-refractivity contribution < 1.29 is 9.47 Å². The van der Waals surface area contributed by atoms with Gasteiger partial charge in [0.05, 0.1) is 19.3 Å². The molecule has 2 aromatic carbocycles. The second-order valence-electron chi connectivity index (χ2n) is 6.82. The van der Waals surface area contributed by atoms with Crippen LogP contribution in [0.15, 0.2) is 47.5 Å². The van der Waals surface area contributed by atoms with Crippen LogP contribution in [0.2, 0.25) is 0 Å². The highest BCUT2D eigenvalue weighted by molar-refractivity contribution is 5.86. The highest BCUT2D eigenvalue weighted by Crippen LogP contribution is 2.19. The zero-order chi connectivity index (χ0) is 18.7. The van der Waals surface area contributed by atoms with Crippen molar-refractivity contribution in [1.82, 2.24) is 10.6 Å². The number of aliphatic imine (C=N–C) groups is 1. The lowest BCUT2D eigenvalue weighted by molar-refractivity contribution is 0.0168. The van der Waals surface area contributed by atoms with Crippen molar-refractivity contribution in [2.75, 3.05) is 32.9 Å². The maximum absolute atomic E-state index is 5.71. The molecule has 2 N–H and O–H groups in total. The Bertz CT molecular complexity index is 721. The van der Waals surface area contributed by atoms with E-state index in [4.69, 9.17) is 14.5 Å². The Kier molecular flexibility index (Phi) is 7.93. The molecule has 1 fully saturated rings. The van der Waals surface area contributed by atoms with Crippen molar-refractivity contribution in [3.05, 3.63) is 48.0 Å². The maximum atomic E-state index is 5.71. The Labute approximate surface area is 162 Å². The quantitative estimate of drug-likeness (QED) is 0.404. The van der Waals surface area contributed by atoms with Crippen molar-refractivity contribution in [1.29, 1.82) is 0 Å². The minimum Gasteiger partial charge on any atom is -0.379 e. The van der Waals surface area contributed by atoms with E-state index in [9.17, 15) is 0 Å². The standard InChI is InChI=1S/C22H31N3O2/c1-2-23-22(24-13-7-14-26-17-20-11-6-15-27-20)25-16-19-10-5-9-18-8-3-4-12-21(18)19/h3-5,8-10,12,20H,2,6-7,11,13-17H2,1H3,(H2,23,24,25). The Morgan fingerprint density at radius 2 is 2.07 bits per heavy atom. The number of nitrogens with zero attached hydrogens (tertiary/aromatic N) is 1. The lowest BCUT2D eigenvalue weighted by Gasteiger charge is -2.13. The largest absolute Gasteiger partial charge is 0.379 e. The van der Waals surface area contributed by atoms with Crippen molar-refractivity contribution in [3.8, 4) is 0 Å². The molecule has 0 spiro atoms. The normalized spacial score (nSPS) is 17.4. The molecule has 146 valence electrons. The number of hydrogen-bond donors (Lipinski definition) is 2. The van der Waals surface area contributed by atoms with Crippen LogP contribution in [0.5, 0.6) is 0 Å². The molecule has 1 saturated heterocycles.